The molecule has 0 radical (unpaired) electrons. The van der Waals surface area contributed by atoms with Crippen LogP contribution in [0.1, 0.15) is 84.3 Å². The van der Waals surface area contributed by atoms with E-state index in [1.54, 1.807) is 17.2 Å². The summed E-state index contributed by atoms with van der Waals surface area (Å²) in [6.07, 6.45) is 7.98. The number of pyridine rings is 1. The molecule has 2 saturated heterocycles. The summed E-state index contributed by atoms with van der Waals surface area (Å²) in [5.41, 5.74) is 1.60. The molecule has 8 heteroatoms. The van der Waals surface area contributed by atoms with Crippen molar-refractivity contribution in [2.24, 2.45) is 0 Å². The second-order valence-corrected chi connectivity index (χ2v) is 10.8. The van der Waals surface area contributed by atoms with Crippen molar-refractivity contribution in [2.75, 3.05) is 32.7 Å². The van der Waals surface area contributed by atoms with E-state index in [-0.39, 0.29) is 23.6 Å². The zero-order valence-electron chi connectivity index (χ0n) is 23.6. The highest BCUT2D eigenvalue weighted by Gasteiger charge is 2.39. The maximum Gasteiger partial charge on any atom is 0.410 e. The van der Waals surface area contributed by atoms with Gasteiger partial charge in [-0.05, 0) is 77.8 Å². The Balaban J connectivity index is 0.000000347. The van der Waals surface area contributed by atoms with E-state index in [1.807, 2.05) is 53.4 Å². The molecule has 3 fully saturated rings. The molecule has 0 bridgehead atoms. The first-order valence-electron chi connectivity index (χ1n) is 13.7. The zero-order valence-corrected chi connectivity index (χ0v) is 23.6. The van der Waals surface area contributed by atoms with Crippen molar-refractivity contribution in [1.29, 1.82) is 0 Å². The summed E-state index contributed by atoms with van der Waals surface area (Å²) in [5.74, 6) is 0.110. The van der Waals surface area contributed by atoms with E-state index in [0.29, 0.717) is 6.54 Å². The lowest BCUT2D eigenvalue weighted by Crippen LogP contribution is -2.50. The van der Waals surface area contributed by atoms with Crippen LogP contribution in [0.3, 0.4) is 0 Å². The summed E-state index contributed by atoms with van der Waals surface area (Å²) < 4.78 is 5.49. The van der Waals surface area contributed by atoms with Crippen molar-refractivity contribution >= 4 is 12.0 Å². The van der Waals surface area contributed by atoms with Gasteiger partial charge in [0.2, 0.25) is 11.5 Å². The Bertz CT molecular complexity index is 904. The van der Waals surface area contributed by atoms with E-state index >= 15 is 0 Å². The molecule has 2 amide bonds. The van der Waals surface area contributed by atoms with Gasteiger partial charge in [0.1, 0.15) is 11.6 Å². The molecule has 8 nitrogen and oxygen atoms in total. The minimum atomic E-state index is -0.529. The molecule has 1 aromatic heterocycles. The van der Waals surface area contributed by atoms with Gasteiger partial charge in [-0.25, -0.2) is 4.79 Å². The SMILES string of the molecule is CC.CC(C)(C)OC(=O)N1CCC[C@@H]1C(=O)N1CCCN(C2CCC2)CC1.Cc1c[nH]c(=O)cc1C. The predicted octanol–water partition coefficient (Wildman–Crippen LogP) is 4.49. The Kier molecular flexibility index (Phi) is 11.5. The standard InChI is InChI=1S/C19H33N3O3.C7H9NO.C2H6/c1-19(2,3)25-18(24)22-12-5-9-16(22)17(23)21-11-6-10-20(13-14-21)15-7-4-8-15;1-5-3-7(9)8-4-6(5)2;1-2/h15-16H,4-14H2,1-3H3;3-4H,1-2H3,(H,8,9);1-2H3/t16-;;/m1../s1. The summed E-state index contributed by atoms with van der Waals surface area (Å²) in [6.45, 7) is 17.7. The molecule has 0 unspecified atom stereocenters. The van der Waals surface area contributed by atoms with Crippen molar-refractivity contribution in [1.82, 2.24) is 19.7 Å². The molecule has 3 aliphatic rings. The van der Waals surface area contributed by atoms with Crippen LogP contribution in [0.4, 0.5) is 4.79 Å². The molecule has 2 aliphatic heterocycles. The van der Waals surface area contributed by atoms with Gasteiger partial charge in [0.05, 0.1) is 0 Å². The van der Waals surface area contributed by atoms with Gasteiger partial charge in [-0.1, -0.05) is 20.3 Å². The minimum Gasteiger partial charge on any atom is -0.444 e. The average molecular weight is 505 g/mol. The number of aromatic amines is 1. The highest BCUT2D eigenvalue weighted by molar-refractivity contribution is 5.86. The van der Waals surface area contributed by atoms with E-state index in [1.165, 1.54) is 19.3 Å². The Labute approximate surface area is 217 Å². The smallest absolute Gasteiger partial charge is 0.410 e. The molecule has 0 spiro atoms. The Morgan fingerprint density at radius 2 is 1.61 bits per heavy atom. The number of nitrogens with zero attached hydrogens (tertiary/aromatic N) is 3. The van der Waals surface area contributed by atoms with E-state index in [9.17, 15) is 14.4 Å². The van der Waals surface area contributed by atoms with Crippen molar-refractivity contribution < 1.29 is 14.3 Å². The van der Waals surface area contributed by atoms with Gasteiger partial charge in [0.25, 0.3) is 0 Å². The minimum absolute atomic E-state index is 0.0295. The summed E-state index contributed by atoms with van der Waals surface area (Å²) in [7, 11) is 0. The van der Waals surface area contributed by atoms with Crippen LogP contribution in [0.25, 0.3) is 0 Å². The van der Waals surface area contributed by atoms with Gasteiger partial charge in [-0.2, -0.15) is 0 Å². The van der Waals surface area contributed by atoms with Crippen LogP contribution in [-0.4, -0.2) is 82.1 Å². The van der Waals surface area contributed by atoms with E-state index in [2.05, 4.69) is 9.88 Å². The molecular weight excluding hydrogens is 456 g/mol. The molecule has 0 aromatic carbocycles. The predicted molar refractivity (Wildman–Crippen MR) is 144 cm³/mol. The molecule has 1 aromatic rings. The quantitative estimate of drug-likeness (QED) is 0.641. The fourth-order valence-corrected chi connectivity index (χ4v) is 4.69. The lowest BCUT2D eigenvalue weighted by atomic mass is 9.91. The number of nitrogens with one attached hydrogen (secondary N) is 1. The molecule has 36 heavy (non-hydrogen) atoms. The van der Waals surface area contributed by atoms with E-state index in [0.717, 1.165) is 62.6 Å². The number of hydrogen-bond donors (Lipinski definition) is 1. The number of aryl methyl sites for hydroxylation is 2. The van der Waals surface area contributed by atoms with Gasteiger partial charge in [0, 0.05) is 51.0 Å². The number of H-pyrrole nitrogens is 1. The maximum atomic E-state index is 13.1. The molecule has 1 N–H and O–H groups in total. The second-order valence-electron chi connectivity index (χ2n) is 10.8. The average Bonchev–Trinajstić information content (AvgIpc) is 3.16. The molecule has 4 rings (SSSR count). The first kappa shape index (κ1) is 29.9. The monoisotopic (exact) mass is 504 g/mol. The number of likely N-dealkylation sites (tertiary alicyclic amines) is 1. The van der Waals surface area contributed by atoms with Crippen LogP contribution in [0.5, 0.6) is 0 Å². The van der Waals surface area contributed by atoms with Gasteiger partial charge in [0.15, 0.2) is 0 Å². The second kappa shape index (κ2) is 13.8. The van der Waals surface area contributed by atoms with E-state index < -0.39 is 5.60 Å². The third-order valence-electron chi connectivity index (χ3n) is 7.00. The van der Waals surface area contributed by atoms with Crippen LogP contribution < -0.4 is 5.56 Å². The Morgan fingerprint density at radius 3 is 2.17 bits per heavy atom. The molecular formula is C28H48N4O4. The van der Waals surface area contributed by atoms with Crippen LogP contribution in [-0.2, 0) is 9.53 Å². The third kappa shape index (κ3) is 8.64. The first-order chi connectivity index (χ1) is 17.0. The van der Waals surface area contributed by atoms with E-state index in [4.69, 9.17) is 4.74 Å². The normalized spacial score (nSPS) is 20.8. The van der Waals surface area contributed by atoms with Gasteiger partial charge < -0.3 is 14.6 Å². The number of rotatable bonds is 2. The number of carbonyl (C=O) groups is 2. The molecule has 3 heterocycles. The van der Waals surface area contributed by atoms with Crippen LogP contribution in [0.15, 0.2) is 17.1 Å². The van der Waals surface area contributed by atoms with Crippen molar-refractivity contribution in [3.8, 4) is 0 Å². The number of ether oxygens (including phenoxy) is 1. The summed E-state index contributed by atoms with van der Waals surface area (Å²) >= 11 is 0. The summed E-state index contributed by atoms with van der Waals surface area (Å²) in [6, 6.07) is 1.99. The lowest BCUT2D eigenvalue weighted by Gasteiger charge is -2.37. The van der Waals surface area contributed by atoms with Crippen LogP contribution >= 0.6 is 0 Å². The molecule has 1 aliphatic carbocycles. The van der Waals surface area contributed by atoms with Gasteiger partial charge in [-0.15, -0.1) is 0 Å². The fraction of sp³-hybridized carbons (Fsp3) is 0.750. The van der Waals surface area contributed by atoms with Gasteiger partial charge >= 0.3 is 6.09 Å². The topological polar surface area (TPSA) is 85.9 Å². The largest absolute Gasteiger partial charge is 0.444 e. The third-order valence-corrected chi connectivity index (χ3v) is 7.00. The number of hydrogen-bond acceptors (Lipinski definition) is 5. The van der Waals surface area contributed by atoms with Gasteiger partial charge in [-0.3, -0.25) is 19.4 Å². The fourth-order valence-electron chi connectivity index (χ4n) is 4.69. The van der Waals surface area contributed by atoms with Crippen LogP contribution in [0, 0.1) is 13.8 Å². The number of aromatic nitrogens is 1. The highest BCUT2D eigenvalue weighted by atomic mass is 16.6. The lowest BCUT2D eigenvalue weighted by molar-refractivity contribution is -0.135. The molecule has 1 atom stereocenters. The first-order valence-corrected chi connectivity index (χ1v) is 13.7. The van der Waals surface area contributed by atoms with Crippen LogP contribution in [0.2, 0.25) is 0 Å². The zero-order chi connectivity index (χ0) is 26.9. The number of carbonyl (C=O) groups excluding carboxylic acids is 2. The molecule has 204 valence electrons. The molecule has 1 saturated carbocycles. The summed E-state index contributed by atoms with van der Waals surface area (Å²) in [5, 5.41) is 0. The summed E-state index contributed by atoms with van der Waals surface area (Å²) in [4.78, 5) is 44.8. The van der Waals surface area contributed by atoms with Crippen molar-refractivity contribution in [3.63, 3.8) is 0 Å². The highest BCUT2D eigenvalue weighted by Crippen LogP contribution is 2.27. The van der Waals surface area contributed by atoms with Crippen molar-refractivity contribution in [3.05, 3.63) is 33.7 Å². The maximum absolute atomic E-state index is 13.1. The Morgan fingerprint density at radius 1 is 0.917 bits per heavy atom. The number of amides is 2. The van der Waals surface area contributed by atoms with Crippen molar-refractivity contribution in [2.45, 2.75) is 105 Å². The Hall–Kier alpha value is -2.35.